The Bertz CT molecular complexity index is 535. The van der Waals surface area contributed by atoms with Crippen molar-refractivity contribution in [2.24, 2.45) is 0 Å². The van der Waals surface area contributed by atoms with Crippen LogP contribution in [-0.2, 0) is 6.42 Å². The Morgan fingerprint density at radius 2 is 2.18 bits per heavy atom. The molecule has 1 heterocycles. The van der Waals surface area contributed by atoms with Gasteiger partial charge in [0, 0.05) is 18.8 Å². The predicted octanol–water partition coefficient (Wildman–Crippen LogP) is 2.52. The second-order valence-electron chi connectivity index (χ2n) is 3.98. The number of aromatic hydroxyl groups is 1. The molecule has 0 aliphatic carbocycles. The van der Waals surface area contributed by atoms with E-state index >= 15 is 0 Å². The Hall–Kier alpha value is -2.16. The van der Waals surface area contributed by atoms with Crippen LogP contribution in [0.25, 0.3) is 0 Å². The van der Waals surface area contributed by atoms with Crippen LogP contribution in [0.2, 0.25) is 0 Å². The van der Waals surface area contributed by atoms with Crippen molar-refractivity contribution in [1.82, 2.24) is 4.98 Å². The summed E-state index contributed by atoms with van der Waals surface area (Å²) in [6.07, 6.45) is 3.57. The summed E-state index contributed by atoms with van der Waals surface area (Å²) < 4.78 is 0. The topological polar surface area (TPSA) is 50.2 Å². The maximum absolute atomic E-state index is 12.0. The Labute approximate surface area is 99.8 Å². The third-order valence-electron chi connectivity index (χ3n) is 2.54. The summed E-state index contributed by atoms with van der Waals surface area (Å²) in [4.78, 5) is 15.9. The molecule has 0 atom stereocenters. The lowest BCUT2D eigenvalue weighted by Crippen LogP contribution is -2.04. The minimum atomic E-state index is -0.101. The smallest absolute Gasteiger partial charge is 0.171 e. The van der Waals surface area contributed by atoms with Crippen molar-refractivity contribution in [2.75, 3.05) is 0 Å². The van der Waals surface area contributed by atoms with E-state index in [1.165, 1.54) is 0 Å². The molecular formula is C14H13NO2. The van der Waals surface area contributed by atoms with Crippen LogP contribution in [0.1, 0.15) is 21.5 Å². The first-order valence-electron chi connectivity index (χ1n) is 5.38. The van der Waals surface area contributed by atoms with Gasteiger partial charge < -0.3 is 5.11 Å². The summed E-state index contributed by atoms with van der Waals surface area (Å²) >= 11 is 0. The van der Waals surface area contributed by atoms with Crippen molar-refractivity contribution < 1.29 is 9.90 Å². The molecule has 0 saturated heterocycles. The van der Waals surface area contributed by atoms with Crippen molar-refractivity contribution in [1.29, 1.82) is 0 Å². The Balaban J connectivity index is 2.21. The van der Waals surface area contributed by atoms with Crippen molar-refractivity contribution in [3.05, 3.63) is 59.4 Å². The third-order valence-corrected chi connectivity index (χ3v) is 2.54. The fourth-order valence-corrected chi connectivity index (χ4v) is 1.66. The second-order valence-corrected chi connectivity index (χ2v) is 3.98. The number of carbonyl (C=O) groups excluding carboxylic acids is 1. The van der Waals surface area contributed by atoms with Gasteiger partial charge in [0.05, 0.1) is 5.56 Å². The molecule has 0 fully saturated rings. The highest BCUT2D eigenvalue weighted by Gasteiger charge is 2.11. The van der Waals surface area contributed by atoms with Crippen molar-refractivity contribution in [2.45, 2.75) is 13.3 Å². The van der Waals surface area contributed by atoms with Crippen molar-refractivity contribution >= 4 is 5.78 Å². The van der Waals surface area contributed by atoms with Gasteiger partial charge in [0.25, 0.3) is 0 Å². The van der Waals surface area contributed by atoms with E-state index in [9.17, 15) is 9.90 Å². The minimum Gasteiger partial charge on any atom is -0.507 e. The van der Waals surface area contributed by atoms with Crippen LogP contribution >= 0.6 is 0 Å². The molecule has 0 amide bonds. The normalized spacial score (nSPS) is 10.2. The lowest BCUT2D eigenvalue weighted by Gasteiger charge is -2.04. The van der Waals surface area contributed by atoms with Crippen LogP contribution in [0.4, 0.5) is 0 Å². The van der Waals surface area contributed by atoms with Gasteiger partial charge in [-0.3, -0.25) is 9.78 Å². The Kier molecular flexibility index (Phi) is 3.19. The van der Waals surface area contributed by atoms with Gasteiger partial charge in [0.15, 0.2) is 5.78 Å². The number of aromatic nitrogens is 1. The second kappa shape index (κ2) is 4.78. The molecule has 0 aliphatic heterocycles. The standard InChI is InChI=1S/C14H13NO2/c1-10-4-5-12(13(16)7-10)14(17)8-11-3-2-6-15-9-11/h2-7,9,16H,8H2,1H3. The zero-order valence-corrected chi connectivity index (χ0v) is 9.55. The maximum Gasteiger partial charge on any atom is 0.171 e. The number of phenols is 1. The Morgan fingerprint density at radius 1 is 1.35 bits per heavy atom. The van der Waals surface area contributed by atoms with Gasteiger partial charge in [-0.05, 0) is 36.2 Å². The van der Waals surface area contributed by atoms with Gasteiger partial charge in [-0.1, -0.05) is 12.1 Å². The largest absolute Gasteiger partial charge is 0.507 e. The van der Waals surface area contributed by atoms with Crippen LogP contribution in [0, 0.1) is 6.92 Å². The van der Waals surface area contributed by atoms with Gasteiger partial charge in [-0.25, -0.2) is 0 Å². The molecule has 0 saturated carbocycles. The predicted molar refractivity (Wildman–Crippen MR) is 65.1 cm³/mol. The number of hydrogen-bond donors (Lipinski definition) is 1. The quantitative estimate of drug-likeness (QED) is 0.820. The third kappa shape index (κ3) is 2.69. The molecular weight excluding hydrogens is 214 g/mol. The molecule has 2 aromatic rings. The highest BCUT2D eigenvalue weighted by molar-refractivity contribution is 5.99. The molecule has 0 bridgehead atoms. The molecule has 3 heteroatoms. The first-order valence-corrected chi connectivity index (χ1v) is 5.38. The van der Waals surface area contributed by atoms with Gasteiger partial charge in [0.2, 0.25) is 0 Å². The van der Waals surface area contributed by atoms with E-state index in [0.29, 0.717) is 5.56 Å². The van der Waals surface area contributed by atoms with Crippen molar-refractivity contribution in [3.8, 4) is 5.75 Å². The molecule has 1 N–H and O–H groups in total. The zero-order valence-electron chi connectivity index (χ0n) is 9.55. The van der Waals surface area contributed by atoms with E-state index in [-0.39, 0.29) is 18.0 Å². The maximum atomic E-state index is 12.0. The molecule has 1 aromatic heterocycles. The molecule has 0 spiro atoms. The number of benzene rings is 1. The number of rotatable bonds is 3. The summed E-state index contributed by atoms with van der Waals surface area (Å²) in [6.45, 7) is 1.87. The fourth-order valence-electron chi connectivity index (χ4n) is 1.66. The average Bonchev–Trinajstić information content (AvgIpc) is 2.30. The van der Waals surface area contributed by atoms with Gasteiger partial charge in [-0.15, -0.1) is 0 Å². The summed E-state index contributed by atoms with van der Waals surface area (Å²) in [5.41, 5.74) is 2.14. The van der Waals surface area contributed by atoms with E-state index in [0.717, 1.165) is 11.1 Å². The van der Waals surface area contributed by atoms with E-state index in [4.69, 9.17) is 0 Å². The Morgan fingerprint density at radius 3 is 2.82 bits per heavy atom. The average molecular weight is 227 g/mol. The number of nitrogens with zero attached hydrogens (tertiary/aromatic N) is 1. The van der Waals surface area contributed by atoms with E-state index in [1.54, 1.807) is 30.6 Å². The number of Topliss-reactive ketones (excluding diaryl/α,β-unsaturated/α-hetero) is 1. The first-order chi connectivity index (χ1) is 8.16. The lowest BCUT2D eigenvalue weighted by molar-refractivity contribution is 0.0990. The van der Waals surface area contributed by atoms with Crippen LogP contribution in [-0.4, -0.2) is 15.9 Å². The molecule has 86 valence electrons. The van der Waals surface area contributed by atoms with Gasteiger partial charge >= 0.3 is 0 Å². The van der Waals surface area contributed by atoms with Gasteiger partial charge in [0.1, 0.15) is 5.75 Å². The number of phenolic OH excluding ortho intramolecular Hbond substituents is 1. The molecule has 0 radical (unpaired) electrons. The van der Waals surface area contributed by atoms with E-state index in [2.05, 4.69) is 4.98 Å². The number of aryl methyl sites for hydroxylation is 1. The highest BCUT2D eigenvalue weighted by Crippen LogP contribution is 2.20. The van der Waals surface area contributed by atoms with Crippen LogP contribution < -0.4 is 0 Å². The molecule has 1 aromatic carbocycles. The monoisotopic (exact) mass is 227 g/mol. The minimum absolute atomic E-state index is 0.0406. The molecule has 3 nitrogen and oxygen atoms in total. The lowest BCUT2D eigenvalue weighted by atomic mass is 10.0. The SMILES string of the molecule is Cc1ccc(C(=O)Cc2cccnc2)c(O)c1. The molecule has 0 aliphatic rings. The summed E-state index contributed by atoms with van der Waals surface area (Å²) in [5, 5.41) is 9.70. The summed E-state index contributed by atoms with van der Waals surface area (Å²) in [6, 6.07) is 8.70. The molecule has 0 unspecified atom stereocenters. The van der Waals surface area contributed by atoms with Crippen LogP contribution in [0.3, 0.4) is 0 Å². The number of ketones is 1. The van der Waals surface area contributed by atoms with Crippen LogP contribution in [0.5, 0.6) is 5.75 Å². The first kappa shape index (κ1) is 11.3. The number of carbonyl (C=O) groups is 1. The van der Waals surface area contributed by atoms with E-state index < -0.39 is 0 Å². The zero-order chi connectivity index (χ0) is 12.3. The molecule has 17 heavy (non-hydrogen) atoms. The van der Waals surface area contributed by atoms with E-state index in [1.807, 2.05) is 19.1 Å². The molecule has 2 rings (SSSR count). The number of hydrogen-bond acceptors (Lipinski definition) is 3. The highest BCUT2D eigenvalue weighted by atomic mass is 16.3. The summed E-state index contributed by atoms with van der Waals surface area (Å²) in [5.74, 6) is -0.0607. The summed E-state index contributed by atoms with van der Waals surface area (Å²) in [7, 11) is 0. The van der Waals surface area contributed by atoms with Crippen molar-refractivity contribution in [3.63, 3.8) is 0 Å². The van der Waals surface area contributed by atoms with Crippen LogP contribution in [0.15, 0.2) is 42.7 Å². The van der Waals surface area contributed by atoms with Gasteiger partial charge in [-0.2, -0.15) is 0 Å². The fraction of sp³-hybridized carbons (Fsp3) is 0.143. The number of pyridine rings is 1.